The summed E-state index contributed by atoms with van der Waals surface area (Å²) in [6.45, 7) is 0. The molecule has 0 fully saturated rings. The Morgan fingerprint density at radius 2 is 2.00 bits per heavy atom. The van der Waals surface area contributed by atoms with Gasteiger partial charge in [0, 0.05) is 12.1 Å². The molecule has 3 N–H and O–H groups in total. The average molecular weight is 200 g/mol. The predicted molar refractivity (Wildman–Crippen MR) is 56.9 cm³/mol. The molecule has 2 atom stereocenters. The first-order chi connectivity index (χ1) is 6.20. The van der Waals surface area contributed by atoms with E-state index in [4.69, 9.17) is 5.73 Å². The highest BCUT2D eigenvalue weighted by Gasteiger charge is 2.18. The Labute approximate surface area is 84.2 Å². The Morgan fingerprint density at radius 1 is 1.38 bits per heavy atom. The molecule has 4 heteroatoms. The lowest BCUT2D eigenvalue weighted by Gasteiger charge is -2.24. The van der Waals surface area contributed by atoms with Crippen molar-refractivity contribution in [2.75, 3.05) is 0 Å². The van der Waals surface area contributed by atoms with Crippen molar-refractivity contribution < 1.29 is 4.79 Å². The highest BCUT2D eigenvalue weighted by Crippen LogP contribution is 2.11. The topological polar surface area (TPSA) is 55.1 Å². The SMILES string of the molecule is N[C@H]1CC/C=C/CCC1NC(=O)S. The predicted octanol–water partition coefficient (Wildman–Crippen LogP) is 1.45. The molecule has 0 aromatic carbocycles. The lowest BCUT2D eigenvalue weighted by atomic mass is 9.96. The fraction of sp³-hybridized carbons (Fsp3) is 0.667. The van der Waals surface area contributed by atoms with Crippen molar-refractivity contribution in [1.29, 1.82) is 0 Å². The summed E-state index contributed by atoms with van der Waals surface area (Å²) in [5.74, 6) is 0. The van der Waals surface area contributed by atoms with Gasteiger partial charge in [0.25, 0.3) is 5.24 Å². The van der Waals surface area contributed by atoms with Crippen LogP contribution in [0.15, 0.2) is 12.2 Å². The van der Waals surface area contributed by atoms with E-state index >= 15 is 0 Å². The third-order valence-corrected chi connectivity index (χ3v) is 2.43. The van der Waals surface area contributed by atoms with Crippen LogP contribution in [-0.4, -0.2) is 17.3 Å². The maximum absolute atomic E-state index is 10.7. The molecule has 0 saturated heterocycles. The summed E-state index contributed by atoms with van der Waals surface area (Å²) in [6, 6.07) is 0.135. The fourth-order valence-corrected chi connectivity index (χ4v) is 1.72. The van der Waals surface area contributed by atoms with Gasteiger partial charge in [-0.1, -0.05) is 24.8 Å². The van der Waals surface area contributed by atoms with Crippen molar-refractivity contribution in [3.05, 3.63) is 12.2 Å². The summed E-state index contributed by atoms with van der Waals surface area (Å²) >= 11 is 3.69. The van der Waals surface area contributed by atoms with Crippen molar-refractivity contribution >= 4 is 17.9 Å². The molecule has 1 amide bonds. The first-order valence-corrected chi connectivity index (χ1v) is 5.05. The smallest absolute Gasteiger partial charge is 0.276 e. The zero-order valence-corrected chi connectivity index (χ0v) is 8.47. The molecule has 0 radical (unpaired) electrons. The van der Waals surface area contributed by atoms with Gasteiger partial charge in [0.15, 0.2) is 0 Å². The molecule has 74 valence electrons. The maximum atomic E-state index is 10.7. The van der Waals surface area contributed by atoms with E-state index in [2.05, 4.69) is 30.1 Å². The normalized spacial score (nSPS) is 31.5. The number of hydrogen-bond donors (Lipinski definition) is 3. The number of allylic oxidation sites excluding steroid dienone is 2. The van der Waals surface area contributed by atoms with Crippen LogP contribution in [0.25, 0.3) is 0 Å². The highest BCUT2D eigenvalue weighted by atomic mass is 32.1. The van der Waals surface area contributed by atoms with Gasteiger partial charge < -0.3 is 11.1 Å². The summed E-state index contributed by atoms with van der Waals surface area (Å²) in [5, 5.41) is 2.48. The van der Waals surface area contributed by atoms with Crippen LogP contribution < -0.4 is 11.1 Å². The number of carbonyl (C=O) groups excluding carboxylic acids is 1. The second-order valence-electron chi connectivity index (χ2n) is 3.35. The number of nitrogens with two attached hydrogens (primary N) is 1. The maximum Gasteiger partial charge on any atom is 0.276 e. The van der Waals surface area contributed by atoms with Crippen molar-refractivity contribution in [2.24, 2.45) is 5.73 Å². The van der Waals surface area contributed by atoms with Crippen LogP contribution in [-0.2, 0) is 0 Å². The van der Waals surface area contributed by atoms with E-state index in [0.29, 0.717) is 0 Å². The van der Waals surface area contributed by atoms with Gasteiger partial charge in [-0.2, -0.15) is 0 Å². The van der Waals surface area contributed by atoms with Gasteiger partial charge in [0.2, 0.25) is 0 Å². The summed E-state index contributed by atoms with van der Waals surface area (Å²) in [7, 11) is 0. The summed E-state index contributed by atoms with van der Waals surface area (Å²) < 4.78 is 0. The summed E-state index contributed by atoms with van der Waals surface area (Å²) in [4.78, 5) is 10.7. The summed E-state index contributed by atoms with van der Waals surface area (Å²) in [5.41, 5.74) is 5.91. The van der Waals surface area contributed by atoms with E-state index < -0.39 is 0 Å². The van der Waals surface area contributed by atoms with Crippen LogP contribution in [0.1, 0.15) is 25.7 Å². The van der Waals surface area contributed by atoms with Gasteiger partial charge in [0.1, 0.15) is 0 Å². The molecule has 0 spiro atoms. The molecule has 0 aromatic heterocycles. The van der Waals surface area contributed by atoms with Crippen LogP contribution in [0.3, 0.4) is 0 Å². The third kappa shape index (κ3) is 3.83. The lowest BCUT2D eigenvalue weighted by molar-refractivity contribution is 0.254. The largest absolute Gasteiger partial charge is 0.343 e. The number of carbonyl (C=O) groups is 1. The second-order valence-corrected chi connectivity index (χ2v) is 3.75. The van der Waals surface area contributed by atoms with Crippen molar-refractivity contribution in [3.8, 4) is 0 Å². The van der Waals surface area contributed by atoms with Gasteiger partial charge in [0.05, 0.1) is 0 Å². The Balaban J connectivity index is 2.48. The van der Waals surface area contributed by atoms with Gasteiger partial charge >= 0.3 is 0 Å². The van der Waals surface area contributed by atoms with Gasteiger partial charge in [-0.3, -0.25) is 4.79 Å². The molecule has 1 unspecified atom stereocenters. The van der Waals surface area contributed by atoms with Crippen molar-refractivity contribution in [3.63, 3.8) is 0 Å². The molecule has 0 saturated carbocycles. The number of hydrogen-bond acceptors (Lipinski definition) is 2. The van der Waals surface area contributed by atoms with Gasteiger partial charge in [-0.25, -0.2) is 0 Å². The van der Waals surface area contributed by atoms with E-state index in [1.165, 1.54) is 0 Å². The minimum Gasteiger partial charge on any atom is -0.343 e. The Kier molecular flexibility index (Phi) is 4.32. The molecule has 0 bridgehead atoms. The average Bonchev–Trinajstić information content (AvgIpc) is 2.04. The minimum absolute atomic E-state index is 0.0565. The third-order valence-electron chi connectivity index (χ3n) is 2.30. The van der Waals surface area contributed by atoms with Crippen LogP contribution in [0.5, 0.6) is 0 Å². The summed E-state index contributed by atoms with van der Waals surface area (Å²) in [6.07, 6.45) is 8.11. The monoisotopic (exact) mass is 200 g/mol. The number of nitrogens with one attached hydrogen (secondary N) is 1. The number of amides is 1. The van der Waals surface area contributed by atoms with Crippen LogP contribution in [0.4, 0.5) is 4.79 Å². The molecule has 1 aliphatic rings. The minimum atomic E-state index is -0.287. The first kappa shape index (κ1) is 10.6. The molecule has 0 aromatic rings. The molecule has 0 heterocycles. The van der Waals surface area contributed by atoms with Gasteiger partial charge in [-0.05, 0) is 25.7 Å². The van der Waals surface area contributed by atoms with E-state index in [1.807, 2.05) is 0 Å². The molecular formula is C9H16N2OS. The molecular weight excluding hydrogens is 184 g/mol. The van der Waals surface area contributed by atoms with E-state index in [1.54, 1.807) is 0 Å². The van der Waals surface area contributed by atoms with Gasteiger partial charge in [-0.15, -0.1) is 0 Å². The van der Waals surface area contributed by atoms with Crippen molar-refractivity contribution in [1.82, 2.24) is 5.32 Å². The van der Waals surface area contributed by atoms with Crippen LogP contribution in [0.2, 0.25) is 0 Å². The number of thiol groups is 1. The van der Waals surface area contributed by atoms with Crippen LogP contribution in [0, 0.1) is 0 Å². The molecule has 0 aliphatic heterocycles. The van der Waals surface area contributed by atoms with E-state index in [0.717, 1.165) is 25.7 Å². The quantitative estimate of drug-likeness (QED) is 0.443. The first-order valence-electron chi connectivity index (χ1n) is 4.60. The zero-order chi connectivity index (χ0) is 9.68. The second kappa shape index (κ2) is 5.29. The van der Waals surface area contributed by atoms with Crippen LogP contribution >= 0.6 is 12.6 Å². The molecule has 13 heavy (non-hydrogen) atoms. The Bertz CT molecular complexity index is 206. The molecule has 1 rings (SSSR count). The Morgan fingerprint density at radius 3 is 2.62 bits per heavy atom. The Hall–Kier alpha value is -0.480. The molecule has 1 aliphatic carbocycles. The standard InChI is InChI=1S/C9H16N2OS/c10-7-5-3-1-2-4-6-8(7)11-9(12)13/h1-2,7-8H,3-6,10H2,(H2,11,12,13)/b2-1+/t7-,8?/m0/s1. The van der Waals surface area contributed by atoms with Crippen molar-refractivity contribution in [2.45, 2.75) is 37.8 Å². The zero-order valence-electron chi connectivity index (χ0n) is 7.57. The lowest BCUT2D eigenvalue weighted by Crippen LogP contribution is -2.46. The molecule has 3 nitrogen and oxygen atoms in total. The van der Waals surface area contributed by atoms with E-state index in [-0.39, 0.29) is 17.3 Å². The fourth-order valence-electron chi connectivity index (χ4n) is 1.55. The highest BCUT2D eigenvalue weighted by molar-refractivity contribution is 7.96. The van der Waals surface area contributed by atoms with E-state index in [9.17, 15) is 4.79 Å². The number of rotatable bonds is 1.